The fourth-order valence-electron chi connectivity index (χ4n) is 3.35. The minimum absolute atomic E-state index is 0.204. The summed E-state index contributed by atoms with van der Waals surface area (Å²) in [5.74, 6) is 0.488. The third-order valence-electron chi connectivity index (χ3n) is 4.68. The van der Waals surface area contributed by atoms with Crippen molar-refractivity contribution in [2.24, 2.45) is 0 Å². The lowest BCUT2D eigenvalue weighted by Gasteiger charge is -2.23. The molecule has 0 unspecified atom stereocenters. The van der Waals surface area contributed by atoms with E-state index in [9.17, 15) is 4.79 Å². The fourth-order valence-corrected chi connectivity index (χ4v) is 4.64. The first-order chi connectivity index (χ1) is 14.0. The highest BCUT2D eigenvalue weighted by Gasteiger charge is 2.23. The van der Waals surface area contributed by atoms with Crippen LogP contribution < -0.4 is 4.90 Å². The highest BCUT2D eigenvalue weighted by molar-refractivity contribution is 7.20. The smallest absolute Gasteiger partial charge is 0.348 e. The zero-order chi connectivity index (χ0) is 20.8. The largest absolute Gasteiger partial charge is 0.461 e. The molecule has 1 aromatic carbocycles. The molecule has 0 aliphatic rings. The molecule has 0 bridgehead atoms. The number of esters is 1. The average Bonchev–Trinajstić information content (AvgIpc) is 3.04. The summed E-state index contributed by atoms with van der Waals surface area (Å²) < 4.78 is 5.54. The van der Waals surface area contributed by atoms with E-state index in [4.69, 9.17) is 16.3 Å². The predicted molar refractivity (Wildman–Crippen MR) is 120 cm³/mol. The summed E-state index contributed by atoms with van der Waals surface area (Å²) in [6, 6.07) is 9.99. The molecule has 5 nitrogen and oxygen atoms in total. The number of carbonyl (C=O) groups is 1. The van der Waals surface area contributed by atoms with Crippen LogP contribution in [0.15, 0.2) is 30.3 Å². The first kappa shape index (κ1) is 21.5. The summed E-state index contributed by atoms with van der Waals surface area (Å²) in [7, 11) is 0. The van der Waals surface area contributed by atoms with Gasteiger partial charge in [-0.1, -0.05) is 44.2 Å². The lowest BCUT2D eigenvalue weighted by atomic mass is 10.1. The summed E-state index contributed by atoms with van der Waals surface area (Å²) in [6.07, 6.45) is 2.69. The van der Waals surface area contributed by atoms with Gasteiger partial charge >= 0.3 is 5.97 Å². The summed E-state index contributed by atoms with van der Waals surface area (Å²) in [5.41, 5.74) is 2.00. The van der Waals surface area contributed by atoms with Gasteiger partial charge in [0, 0.05) is 19.5 Å². The number of anilines is 1. The standard InChI is InChI=1S/C22H26ClN3O2S/c1-4-12-26(13-5-2)19-17-15(3)18(29-20(17)25-22(23)24-19)21(27)28-14-11-16-9-7-6-8-10-16/h6-10H,4-5,11-14H2,1-3H3. The van der Waals surface area contributed by atoms with Crippen LogP contribution in [0.4, 0.5) is 5.82 Å². The van der Waals surface area contributed by atoms with Crippen LogP contribution in [-0.4, -0.2) is 35.6 Å². The maximum absolute atomic E-state index is 12.7. The molecule has 0 radical (unpaired) electrons. The third-order valence-corrected chi connectivity index (χ3v) is 6.02. The molecule has 2 aromatic heterocycles. The number of aryl methyl sites for hydroxylation is 1. The summed E-state index contributed by atoms with van der Waals surface area (Å²) >= 11 is 7.53. The molecule has 2 heterocycles. The van der Waals surface area contributed by atoms with E-state index >= 15 is 0 Å². The molecule has 0 atom stereocenters. The van der Waals surface area contributed by atoms with Gasteiger partial charge in [-0.05, 0) is 42.5 Å². The molecule has 0 N–H and O–H groups in total. The van der Waals surface area contributed by atoms with Crippen molar-refractivity contribution >= 4 is 44.9 Å². The number of thiophene rings is 1. The highest BCUT2D eigenvalue weighted by Crippen LogP contribution is 2.36. The Hall–Kier alpha value is -2.18. The molecule has 0 spiro atoms. The third kappa shape index (κ3) is 5.06. The second kappa shape index (κ2) is 10.0. The number of carbonyl (C=O) groups excluding carboxylic acids is 1. The van der Waals surface area contributed by atoms with Gasteiger partial charge in [-0.25, -0.2) is 9.78 Å². The van der Waals surface area contributed by atoms with Gasteiger partial charge in [0.2, 0.25) is 5.28 Å². The Kier molecular flexibility index (Phi) is 7.45. The summed E-state index contributed by atoms with van der Waals surface area (Å²) in [4.78, 5) is 25.1. The Morgan fingerprint density at radius 2 is 1.83 bits per heavy atom. The summed E-state index contributed by atoms with van der Waals surface area (Å²) in [5, 5.41) is 1.10. The molecule has 3 aromatic rings. The molecule has 154 valence electrons. The van der Waals surface area contributed by atoms with Crippen LogP contribution in [-0.2, 0) is 11.2 Å². The molecule has 7 heteroatoms. The van der Waals surface area contributed by atoms with E-state index in [1.807, 2.05) is 37.3 Å². The first-order valence-corrected chi connectivity index (χ1v) is 11.2. The normalized spacial score (nSPS) is 11.0. The van der Waals surface area contributed by atoms with E-state index in [1.54, 1.807) is 0 Å². The van der Waals surface area contributed by atoms with Gasteiger partial charge < -0.3 is 9.64 Å². The second-order valence-electron chi connectivity index (χ2n) is 6.91. The number of halogens is 1. The van der Waals surface area contributed by atoms with E-state index in [2.05, 4.69) is 28.7 Å². The molecule has 3 rings (SSSR count). The highest BCUT2D eigenvalue weighted by atomic mass is 35.5. The Morgan fingerprint density at radius 1 is 1.14 bits per heavy atom. The van der Waals surface area contributed by atoms with E-state index in [0.29, 0.717) is 17.9 Å². The van der Waals surface area contributed by atoms with Crippen molar-refractivity contribution in [3.63, 3.8) is 0 Å². The van der Waals surface area contributed by atoms with Crippen molar-refractivity contribution < 1.29 is 9.53 Å². The number of fused-ring (bicyclic) bond motifs is 1. The van der Waals surface area contributed by atoms with Gasteiger partial charge in [-0.3, -0.25) is 0 Å². The molecular weight excluding hydrogens is 406 g/mol. The van der Waals surface area contributed by atoms with Gasteiger partial charge in [-0.15, -0.1) is 11.3 Å². The molecular formula is C22H26ClN3O2S. The lowest BCUT2D eigenvalue weighted by molar-refractivity contribution is 0.0514. The Bertz CT molecular complexity index is 969. The van der Waals surface area contributed by atoms with Crippen LogP contribution in [0, 0.1) is 6.92 Å². The molecule has 0 saturated heterocycles. The molecule has 0 saturated carbocycles. The molecule has 0 aliphatic carbocycles. The average molecular weight is 432 g/mol. The first-order valence-electron chi connectivity index (χ1n) is 9.97. The molecule has 0 amide bonds. The van der Waals surface area contributed by atoms with Crippen LogP contribution in [0.1, 0.15) is 47.5 Å². The van der Waals surface area contributed by atoms with Gasteiger partial charge in [-0.2, -0.15) is 4.98 Å². The minimum atomic E-state index is -0.318. The topological polar surface area (TPSA) is 55.3 Å². The van der Waals surface area contributed by atoms with E-state index < -0.39 is 0 Å². The van der Waals surface area contributed by atoms with Crippen LogP contribution in [0.25, 0.3) is 10.2 Å². The number of rotatable bonds is 9. The van der Waals surface area contributed by atoms with Gasteiger partial charge in [0.1, 0.15) is 15.5 Å². The van der Waals surface area contributed by atoms with Gasteiger partial charge in [0.05, 0.1) is 12.0 Å². The van der Waals surface area contributed by atoms with Gasteiger partial charge in [0.15, 0.2) is 0 Å². The van der Waals surface area contributed by atoms with Crippen molar-refractivity contribution in [3.05, 3.63) is 51.6 Å². The van der Waals surface area contributed by atoms with Gasteiger partial charge in [0.25, 0.3) is 0 Å². The van der Waals surface area contributed by atoms with Crippen molar-refractivity contribution in [1.29, 1.82) is 0 Å². The SMILES string of the molecule is CCCN(CCC)c1nc(Cl)nc2sc(C(=O)OCCc3ccccc3)c(C)c12. The number of ether oxygens (including phenoxy) is 1. The van der Waals surface area contributed by atoms with Crippen LogP contribution in [0.2, 0.25) is 5.28 Å². The molecule has 0 fully saturated rings. The molecule has 0 aliphatic heterocycles. The Labute approximate surface area is 180 Å². The number of hydrogen-bond acceptors (Lipinski definition) is 6. The number of nitrogens with zero attached hydrogens (tertiary/aromatic N) is 3. The van der Waals surface area contributed by atoms with Crippen molar-refractivity contribution in [2.75, 3.05) is 24.6 Å². The van der Waals surface area contributed by atoms with Crippen LogP contribution in [0.5, 0.6) is 0 Å². The fraction of sp³-hybridized carbons (Fsp3) is 0.409. The lowest BCUT2D eigenvalue weighted by Crippen LogP contribution is -2.26. The van der Waals surface area contributed by atoms with Crippen molar-refractivity contribution in [2.45, 2.75) is 40.0 Å². The van der Waals surface area contributed by atoms with E-state index in [1.165, 1.54) is 11.3 Å². The second-order valence-corrected chi connectivity index (χ2v) is 8.25. The molecule has 29 heavy (non-hydrogen) atoms. The van der Waals surface area contributed by atoms with Crippen molar-refractivity contribution in [3.8, 4) is 0 Å². The van der Waals surface area contributed by atoms with Crippen molar-refractivity contribution in [1.82, 2.24) is 9.97 Å². The number of aromatic nitrogens is 2. The van der Waals surface area contributed by atoms with Crippen LogP contribution in [0.3, 0.4) is 0 Å². The quantitative estimate of drug-likeness (QED) is 0.322. The Balaban J connectivity index is 1.86. The Morgan fingerprint density at radius 3 is 2.48 bits per heavy atom. The zero-order valence-electron chi connectivity index (χ0n) is 17.1. The minimum Gasteiger partial charge on any atom is -0.461 e. The maximum Gasteiger partial charge on any atom is 0.348 e. The number of hydrogen-bond donors (Lipinski definition) is 0. The maximum atomic E-state index is 12.7. The van der Waals surface area contributed by atoms with E-state index in [0.717, 1.165) is 53.1 Å². The van der Waals surface area contributed by atoms with E-state index in [-0.39, 0.29) is 11.3 Å². The zero-order valence-corrected chi connectivity index (χ0v) is 18.6. The summed E-state index contributed by atoms with van der Waals surface area (Å²) in [6.45, 7) is 8.30. The predicted octanol–water partition coefficient (Wildman–Crippen LogP) is 5.68. The monoisotopic (exact) mass is 431 g/mol. The number of benzene rings is 1. The van der Waals surface area contributed by atoms with Crippen LogP contribution >= 0.6 is 22.9 Å².